The molecule has 1 atom stereocenters. The summed E-state index contributed by atoms with van der Waals surface area (Å²) in [5.41, 5.74) is 0.909. The fourth-order valence-corrected chi connectivity index (χ4v) is 2.03. The largest absolute Gasteiger partial charge is 0.376 e. The average Bonchev–Trinajstić information content (AvgIpc) is 2.37. The number of nitrogens with zero attached hydrogens (tertiary/aromatic N) is 2. The Hall–Kier alpha value is -0.430. The maximum absolute atomic E-state index is 10.8. The molecule has 1 aromatic rings. The highest BCUT2D eigenvalue weighted by molar-refractivity contribution is 14.1. The summed E-state index contributed by atoms with van der Waals surface area (Å²) in [5, 5.41) is 0. The molecular formula is C9H11IN2O2. The van der Waals surface area contributed by atoms with Gasteiger partial charge in [0.15, 0.2) is 12.1 Å². The van der Waals surface area contributed by atoms with Gasteiger partial charge in [0.1, 0.15) is 3.70 Å². The first kappa shape index (κ1) is 10.1. The lowest BCUT2D eigenvalue weighted by molar-refractivity contribution is -0.0596. The minimum atomic E-state index is 0.260. The Morgan fingerprint density at radius 1 is 1.79 bits per heavy atom. The van der Waals surface area contributed by atoms with E-state index in [4.69, 9.17) is 4.74 Å². The molecule has 0 amide bonds. The van der Waals surface area contributed by atoms with E-state index in [0.717, 1.165) is 35.3 Å². The van der Waals surface area contributed by atoms with Crippen LogP contribution in [-0.2, 0) is 11.3 Å². The van der Waals surface area contributed by atoms with Crippen LogP contribution in [0.2, 0.25) is 0 Å². The van der Waals surface area contributed by atoms with E-state index >= 15 is 0 Å². The van der Waals surface area contributed by atoms with Crippen LogP contribution in [0.15, 0.2) is 0 Å². The maximum Gasteiger partial charge on any atom is 0.185 e. The van der Waals surface area contributed by atoms with Crippen molar-refractivity contribution in [2.75, 3.05) is 6.61 Å². The normalized spacial score (nSPS) is 20.6. The van der Waals surface area contributed by atoms with Crippen molar-refractivity contribution in [3.8, 4) is 0 Å². The van der Waals surface area contributed by atoms with E-state index < -0.39 is 0 Å². The van der Waals surface area contributed by atoms with Gasteiger partial charge in [-0.2, -0.15) is 0 Å². The lowest BCUT2D eigenvalue weighted by Gasteiger charge is -2.27. The molecule has 0 N–H and O–H groups in total. The molecule has 0 radical (unpaired) electrons. The molecule has 2 heterocycles. The molecule has 1 aliphatic heterocycles. The number of hydrogen-bond acceptors (Lipinski definition) is 3. The summed E-state index contributed by atoms with van der Waals surface area (Å²) in [6, 6.07) is 0. The number of rotatable bonds is 3. The molecule has 2 rings (SSSR count). The van der Waals surface area contributed by atoms with Crippen LogP contribution in [0.25, 0.3) is 0 Å². The molecule has 14 heavy (non-hydrogen) atoms. The van der Waals surface area contributed by atoms with Crippen molar-refractivity contribution in [3.05, 3.63) is 15.2 Å². The molecule has 1 unspecified atom stereocenters. The van der Waals surface area contributed by atoms with Crippen LogP contribution in [0.1, 0.15) is 22.7 Å². The van der Waals surface area contributed by atoms with Crippen molar-refractivity contribution in [3.63, 3.8) is 0 Å². The van der Waals surface area contributed by atoms with Crippen molar-refractivity contribution in [1.82, 2.24) is 9.55 Å². The molecule has 76 valence electrons. The molecule has 1 saturated heterocycles. The highest BCUT2D eigenvalue weighted by atomic mass is 127. The molecule has 1 aromatic heterocycles. The second-order valence-corrected chi connectivity index (χ2v) is 4.38. The first-order valence-corrected chi connectivity index (χ1v) is 5.59. The fourth-order valence-electron chi connectivity index (χ4n) is 1.47. The number of imidazole rings is 1. The molecule has 0 aromatic carbocycles. The molecule has 0 bridgehead atoms. The third kappa shape index (κ3) is 1.70. The van der Waals surface area contributed by atoms with E-state index in [0.29, 0.717) is 5.82 Å². The first-order chi connectivity index (χ1) is 6.72. The van der Waals surface area contributed by atoms with Gasteiger partial charge in [-0.1, -0.05) is 0 Å². The summed E-state index contributed by atoms with van der Waals surface area (Å²) in [7, 11) is 0. The second kappa shape index (κ2) is 3.98. The monoisotopic (exact) mass is 306 g/mol. The topological polar surface area (TPSA) is 44.1 Å². The van der Waals surface area contributed by atoms with E-state index in [-0.39, 0.29) is 6.10 Å². The maximum atomic E-state index is 10.8. The zero-order chi connectivity index (χ0) is 10.1. The van der Waals surface area contributed by atoms with E-state index in [2.05, 4.69) is 27.6 Å². The van der Waals surface area contributed by atoms with Crippen molar-refractivity contribution < 1.29 is 9.53 Å². The Labute approximate surface area is 95.8 Å². The minimum absolute atomic E-state index is 0.260. The van der Waals surface area contributed by atoms with Crippen LogP contribution in [0.3, 0.4) is 0 Å². The smallest absolute Gasteiger partial charge is 0.185 e. The lowest BCUT2D eigenvalue weighted by atomic mass is 10.2. The van der Waals surface area contributed by atoms with Crippen molar-refractivity contribution in [1.29, 1.82) is 0 Å². The fraction of sp³-hybridized carbons (Fsp3) is 0.556. The summed E-state index contributed by atoms with van der Waals surface area (Å²) < 4.78 is 8.28. The number of carbonyl (C=O) groups is 1. The minimum Gasteiger partial charge on any atom is -0.376 e. The predicted octanol–water partition coefficient (Wildman–Crippen LogP) is 1.40. The molecule has 0 aliphatic carbocycles. The van der Waals surface area contributed by atoms with Crippen molar-refractivity contribution in [2.24, 2.45) is 0 Å². The standard InChI is InChI=1S/C9H11IN2O2/c1-6-9(10)12(8(5-13)11-6)4-7-2-3-14-7/h5,7H,2-4H2,1H3. The predicted molar refractivity (Wildman–Crippen MR) is 59.4 cm³/mol. The molecule has 0 spiro atoms. The van der Waals surface area contributed by atoms with Crippen molar-refractivity contribution in [2.45, 2.75) is 26.0 Å². The second-order valence-electron chi connectivity index (χ2n) is 3.36. The number of ether oxygens (including phenoxy) is 1. The van der Waals surface area contributed by atoms with E-state index in [9.17, 15) is 4.79 Å². The Kier molecular flexibility index (Phi) is 2.87. The van der Waals surface area contributed by atoms with Crippen LogP contribution in [0.5, 0.6) is 0 Å². The number of aldehydes is 1. The number of aryl methyl sites for hydroxylation is 1. The van der Waals surface area contributed by atoms with E-state index in [1.165, 1.54) is 0 Å². The molecule has 5 heteroatoms. The van der Waals surface area contributed by atoms with Gasteiger partial charge in [0, 0.05) is 6.61 Å². The number of halogens is 1. The van der Waals surface area contributed by atoms with Crippen LogP contribution in [-0.4, -0.2) is 28.5 Å². The SMILES string of the molecule is Cc1nc(C=O)n(CC2CCO2)c1I. The Morgan fingerprint density at radius 3 is 3.00 bits per heavy atom. The van der Waals surface area contributed by atoms with Crippen LogP contribution in [0.4, 0.5) is 0 Å². The first-order valence-electron chi connectivity index (χ1n) is 4.51. The lowest BCUT2D eigenvalue weighted by Crippen LogP contribution is -2.32. The van der Waals surface area contributed by atoms with Gasteiger partial charge in [0.2, 0.25) is 0 Å². The summed E-state index contributed by atoms with van der Waals surface area (Å²) in [6.07, 6.45) is 2.13. The zero-order valence-corrected chi connectivity index (χ0v) is 10.0. The highest BCUT2D eigenvalue weighted by Crippen LogP contribution is 2.18. The van der Waals surface area contributed by atoms with Gasteiger partial charge in [-0.3, -0.25) is 4.79 Å². The van der Waals surface area contributed by atoms with Gasteiger partial charge in [-0.05, 0) is 35.9 Å². The van der Waals surface area contributed by atoms with Crippen LogP contribution < -0.4 is 0 Å². The summed E-state index contributed by atoms with van der Waals surface area (Å²) in [5.74, 6) is 0.502. The number of aromatic nitrogens is 2. The third-order valence-electron chi connectivity index (χ3n) is 2.38. The average molecular weight is 306 g/mol. The van der Waals surface area contributed by atoms with Gasteiger partial charge in [-0.25, -0.2) is 4.98 Å². The summed E-state index contributed by atoms with van der Waals surface area (Å²) in [4.78, 5) is 14.9. The molecule has 1 fully saturated rings. The molecule has 1 aliphatic rings. The van der Waals surface area contributed by atoms with Crippen LogP contribution in [0, 0.1) is 10.6 Å². The van der Waals surface area contributed by atoms with Gasteiger partial charge in [0.05, 0.1) is 18.3 Å². The summed E-state index contributed by atoms with van der Waals surface area (Å²) in [6.45, 7) is 3.49. The zero-order valence-electron chi connectivity index (χ0n) is 7.86. The van der Waals surface area contributed by atoms with Gasteiger partial charge >= 0.3 is 0 Å². The van der Waals surface area contributed by atoms with Gasteiger partial charge < -0.3 is 9.30 Å². The summed E-state index contributed by atoms with van der Waals surface area (Å²) >= 11 is 2.21. The molecular weight excluding hydrogens is 295 g/mol. The third-order valence-corrected chi connectivity index (χ3v) is 3.74. The van der Waals surface area contributed by atoms with Gasteiger partial charge in [0.25, 0.3) is 0 Å². The van der Waals surface area contributed by atoms with E-state index in [1.807, 2.05) is 11.5 Å². The quantitative estimate of drug-likeness (QED) is 0.626. The van der Waals surface area contributed by atoms with E-state index in [1.54, 1.807) is 0 Å². The Balaban J connectivity index is 2.24. The van der Waals surface area contributed by atoms with Crippen LogP contribution >= 0.6 is 22.6 Å². The number of carbonyl (C=O) groups excluding carboxylic acids is 1. The van der Waals surface area contributed by atoms with Crippen molar-refractivity contribution >= 4 is 28.9 Å². The Morgan fingerprint density at radius 2 is 2.50 bits per heavy atom. The Bertz CT molecular complexity index is 358. The molecule has 4 nitrogen and oxygen atoms in total. The number of hydrogen-bond donors (Lipinski definition) is 0. The highest BCUT2D eigenvalue weighted by Gasteiger charge is 2.21. The molecule has 0 saturated carbocycles. The van der Waals surface area contributed by atoms with Gasteiger partial charge in [-0.15, -0.1) is 0 Å².